The molecule has 0 atom stereocenters. The minimum absolute atomic E-state index is 0.184. The average molecular weight is 221 g/mol. The normalized spacial score (nSPS) is 15.7. The summed E-state index contributed by atoms with van der Waals surface area (Å²) in [4.78, 5) is 2.24. The third-order valence-corrected chi connectivity index (χ3v) is 3.06. The molecular formula is C13H19NO2. The topological polar surface area (TPSA) is 43.7 Å². The van der Waals surface area contributed by atoms with Crippen LogP contribution in [0.5, 0.6) is 5.75 Å². The number of hydrogen-bond donors (Lipinski definition) is 2. The van der Waals surface area contributed by atoms with Gasteiger partial charge in [0.15, 0.2) is 0 Å². The van der Waals surface area contributed by atoms with Crippen molar-refractivity contribution in [1.29, 1.82) is 0 Å². The molecule has 0 saturated heterocycles. The van der Waals surface area contributed by atoms with Gasteiger partial charge in [-0.15, -0.1) is 0 Å². The predicted octanol–water partition coefficient (Wildman–Crippen LogP) is 1.66. The Balaban J connectivity index is 2.08. The molecule has 2 N–H and O–H groups in total. The van der Waals surface area contributed by atoms with Gasteiger partial charge in [-0.25, -0.2) is 0 Å². The lowest BCUT2D eigenvalue weighted by Gasteiger charge is -2.21. The van der Waals surface area contributed by atoms with E-state index in [1.165, 1.54) is 12.8 Å². The van der Waals surface area contributed by atoms with E-state index in [1.807, 2.05) is 19.1 Å². The lowest BCUT2D eigenvalue weighted by atomic mass is 10.1. The van der Waals surface area contributed by atoms with Gasteiger partial charge in [0.1, 0.15) is 5.75 Å². The van der Waals surface area contributed by atoms with E-state index in [2.05, 4.69) is 4.90 Å². The van der Waals surface area contributed by atoms with Crippen LogP contribution in [0.25, 0.3) is 0 Å². The summed E-state index contributed by atoms with van der Waals surface area (Å²) in [5.74, 6) is 0.356. The van der Waals surface area contributed by atoms with Crippen molar-refractivity contribution in [2.45, 2.75) is 32.4 Å². The van der Waals surface area contributed by atoms with E-state index in [1.54, 1.807) is 6.07 Å². The number of nitrogens with zero attached hydrogens (tertiary/aromatic N) is 1. The zero-order valence-electron chi connectivity index (χ0n) is 9.69. The largest absolute Gasteiger partial charge is 0.508 e. The number of aliphatic hydroxyl groups is 1. The molecule has 0 heterocycles. The second-order valence-corrected chi connectivity index (χ2v) is 4.56. The first kappa shape index (κ1) is 11.4. The molecule has 0 aromatic heterocycles. The van der Waals surface area contributed by atoms with Crippen molar-refractivity contribution >= 4 is 0 Å². The maximum absolute atomic E-state index is 9.77. The minimum atomic E-state index is 0.184. The maximum atomic E-state index is 9.77. The highest BCUT2D eigenvalue weighted by Gasteiger charge is 2.28. The Morgan fingerprint density at radius 1 is 1.38 bits per heavy atom. The Labute approximate surface area is 96.3 Å². The molecule has 1 aliphatic rings. The van der Waals surface area contributed by atoms with Crippen LogP contribution in [-0.2, 0) is 6.54 Å². The van der Waals surface area contributed by atoms with Gasteiger partial charge in [-0.3, -0.25) is 4.90 Å². The summed E-state index contributed by atoms with van der Waals surface area (Å²) in [6.07, 6.45) is 2.43. The second kappa shape index (κ2) is 4.85. The summed E-state index contributed by atoms with van der Waals surface area (Å²) in [5, 5.41) is 18.8. The van der Waals surface area contributed by atoms with E-state index in [0.717, 1.165) is 17.7 Å². The molecule has 3 nitrogen and oxygen atoms in total. The summed E-state index contributed by atoms with van der Waals surface area (Å²) < 4.78 is 0. The van der Waals surface area contributed by atoms with Crippen molar-refractivity contribution in [3.63, 3.8) is 0 Å². The predicted molar refractivity (Wildman–Crippen MR) is 63.4 cm³/mol. The van der Waals surface area contributed by atoms with Crippen LogP contribution in [0.15, 0.2) is 18.2 Å². The third-order valence-electron chi connectivity index (χ3n) is 3.06. The Morgan fingerprint density at radius 3 is 2.75 bits per heavy atom. The molecule has 0 unspecified atom stereocenters. The molecule has 88 valence electrons. The summed E-state index contributed by atoms with van der Waals surface area (Å²) in [6.45, 7) is 3.64. The first-order valence-corrected chi connectivity index (χ1v) is 5.84. The molecule has 1 saturated carbocycles. The molecule has 2 rings (SSSR count). The van der Waals surface area contributed by atoms with E-state index in [9.17, 15) is 5.11 Å². The van der Waals surface area contributed by atoms with Crippen LogP contribution in [-0.4, -0.2) is 34.3 Å². The summed E-state index contributed by atoms with van der Waals surface area (Å²) in [5.41, 5.74) is 2.12. The van der Waals surface area contributed by atoms with Crippen molar-refractivity contribution in [1.82, 2.24) is 4.90 Å². The van der Waals surface area contributed by atoms with Gasteiger partial charge in [-0.2, -0.15) is 0 Å². The highest BCUT2D eigenvalue weighted by atomic mass is 16.3. The van der Waals surface area contributed by atoms with Gasteiger partial charge in [0, 0.05) is 24.7 Å². The van der Waals surface area contributed by atoms with Crippen molar-refractivity contribution < 1.29 is 10.2 Å². The number of aryl methyl sites for hydroxylation is 1. The van der Waals surface area contributed by atoms with Gasteiger partial charge in [-0.05, 0) is 25.8 Å². The van der Waals surface area contributed by atoms with Gasteiger partial charge >= 0.3 is 0 Å². The molecule has 0 bridgehead atoms. The van der Waals surface area contributed by atoms with E-state index in [4.69, 9.17) is 5.11 Å². The Kier molecular flexibility index (Phi) is 3.46. The van der Waals surface area contributed by atoms with Crippen LogP contribution in [0.2, 0.25) is 0 Å². The van der Waals surface area contributed by atoms with Gasteiger partial charge in [0.25, 0.3) is 0 Å². The molecule has 0 radical (unpaired) electrons. The monoisotopic (exact) mass is 221 g/mol. The first-order valence-electron chi connectivity index (χ1n) is 5.84. The Hall–Kier alpha value is -1.06. The first-order chi connectivity index (χ1) is 7.70. The van der Waals surface area contributed by atoms with E-state index in [-0.39, 0.29) is 6.61 Å². The lowest BCUT2D eigenvalue weighted by Crippen LogP contribution is -2.28. The fourth-order valence-electron chi connectivity index (χ4n) is 2.02. The van der Waals surface area contributed by atoms with Gasteiger partial charge in [-0.1, -0.05) is 17.7 Å². The fourth-order valence-corrected chi connectivity index (χ4v) is 2.02. The molecule has 16 heavy (non-hydrogen) atoms. The highest BCUT2D eigenvalue weighted by Crippen LogP contribution is 2.29. The summed E-state index contributed by atoms with van der Waals surface area (Å²) in [6, 6.07) is 6.27. The molecule has 3 heteroatoms. The SMILES string of the molecule is Cc1ccc(O)c(CN(CCO)C2CC2)c1. The smallest absolute Gasteiger partial charge is 0.120 e. The molecule has 1 aromatic carbocycles. The van der Waals surface area contributed by atoms with Crippen molar-refractivity contribution in [2.75, 3.05) is 13.2 Å². The zero-order chi connectivity index (χ0) is 11.5. The number of rotatable bonds is 5. The lowest BCUT2D eigenvalue weighted by molar-refractivity contribution is 0.182. The number of phenols is 1. The van der Waals surface area contributed by atoms with E-state index >= 15 is 0 Å². The van der Waals surface area contributed by atoms with Crippen LogP contribution >= 0.6 is 0 Å². The van der Waals surface area contributed by atoms with Crippen LogP contribution in [0.4, 0.5) is 0 Å². The third kappa shape index (κ3) is 2.74. The van der Waals surface area contributed by atoms with Crippen molar-refractivity contribution in [3.8, 4) is 5.75 Å². The van der Waals surface area contributed by atoms with E-state index < -0.39 is 0 Å². The van der Waals surface area contributed by atoms with Crippen LogP contribution in [0.3, 0.4) is 0 Å². The Bertz CT molecular complexity index is 361. The molecule has 1 aliphatic carbocycles. The van der Waals surface area contributed by atoms with Crippen molar-refractivity contribution in [2.24, 2.45) is 0 Å². The number of aliphatic hydroxyl groups excluding tert-OH is 1. The molecular weight excluding hydrogens is 202 g/mol. The van der Waals surface area contributed by atoms with Crippen LogP contribution < -0.4 is 0 Å². The number of aromatic hydroxyl groups is 1. The molecule has 0 aliphatic heterocycles. The quantitative estimate of drug-likeness (QED) is 0.794. The highest BCUT2D eigenvalue weighted by molar-refractivity contribution is 5.35. The van der Waals surface area contributed by atoms with E-state index in [0.29, 0.717) is 18.3 Å². The van der Waals surface area contributed by atoms with Gasteiger partial charge < -0.3 is 10.2 Å². The maximum Gasteiger partial charge on any atom is 0.120 e. The van der Waals surface area contributed by atoms with Gasteiger partial charge in [0.2, 0.25) is 0 Å². The Morgan fingerprint density at radius 2 is 2.12 bits per heavy atom. The molecule has 0 spiro atoms. The minimum Gasteiger partial charge on any atom is -0.508 e. The standard InChI is InChI=1S/C13H19NO2/c1-10-2-5-13(16)11(8-10)9-14(6-7-15)12-3-4-12/h2,5,8,12,15-16H,3-4,6-7,9H2,1H3. The average Bonchev–Trinajstić information content (AvgIpc) is 3.06. The fraction of sp³-hybridized carbons (Fsp3) is 0.538. The van der Waals surface area contributed by atoms with Crippen LogP contribution in [0.1, 0.15) is 24.0 Å². The summed E-state index contributed by atoms with van der Waals surface area (Å²) >= 11 is 0. The van der Waals surface area contributed by atoms with Crippen molar-refractivity contribution in [3.05, 3.63) is 29.3 Å². The van der Waals surface area contributed by atoms with Crippen LogP contribution in [0, 0.1) is 6.92 Å². The second-order valence-electron chi connectivity index (χ2n) is 4.56. The summed E-state index contributed by atoms with van der Waals surface area (Å²) in [7, 11) is 0. The molecule has 1 fully saturated rings. The number of phenolic OH excluding ortho intramolecular Hbond substituents is 1. The molecule has 1 aromatic rings. The number of hydrogen-bond acceptors (Lipinski definition) is 3. The molecule has 0 amide bonds. The number of benzene rings is 1. The zero-order valence-corrected chi connectivity index (χ0v) is 9.69. The van der Waals surface area contributed by atoms with Gasteiger partial charge in [0.05, 0.1) is 6.61 Å².